The minimum atomic E-state index is -4.69. The molecular formula is C10H9F5N2O2. The highest BCUT2D eigenvalue weighted by molar-refractivity contribution is 5.64. The van der Waals surface area contributed by atoms with Gasteiger partial charge in [-0.25, -0.2) is 8.78 Å². The van der Waals surface area contributed by atoms with Crippen molar-refractivity contribution in [3.05, 3.63) is 33.9 Å². The average Bonchev–Trinajstić information content (AvgIpc) is 2.28. The highest BCUT2D eigenvalue weighted by Crippen LogP contribution is 2.34. The second-order valence-corrected chi connectivity index (χ2v) is 3.62. The Kier molecular flexibility index (Phi) is 4.28. The Morgan fingerprint density at radius 1 is 1.32 bits per heavy atom. The Morgan fingerprint density at radius 2 is 1.89 bits per heavy atom. The number of nitro groups is 1. The third kappa shape index (κ3) is 3.52. The van der Waals surface area contributed by atoms with E-state index in [0.29, 0.717) is 17.0 Å². The van der Waals surface area contributed by atoms with Gasteiger partial charge in [0, 0.05) is 12.6 Å². The molecule has 0 spiro atoms. The molecule has 0 aliphatic heterocycles. The Balaban J connectivity index is 3.36. The van der Waals surface area contributed by atoms with Gasteiger partial charge in [-0.3, -0.25) is 10.1 Å². The van der Waals surface area contributed by atoms with Crippen molar-refractivity contribution in [1.82, 2.24) is 0 Å². The summed E-state index contributed by atoms with van der Waals surface area (Å²) >= 11 is 0. The van der Waals surface area contributed by atoms with Crippen molar-refractivity contribution in [2.24, 2.45) is 0 Å². The number of hydrogen-bond donors (Lipinski definition) is 0. The van der Waals surface area contributed by atoms with Gasteiger partial charge < -0.3 is 4.90 Å². The Morgan fingerprint density at radius 3 is 2.32 bits per heavy atom. The average molecular weight is 284 g/mol. The van der Waals surface area contributed by atoms with Gasteiger partial charge in [0.1, 0.15) is 6.54 Å². The summed E-state index contributed by atoms with van der Waals surface area (Å²) in [6.07, 6.45) is -4.69. The lowest BCUT2D eigenvalue weighted by atomic mass is 10.2. The van der Waals surface area contributed by atoms with Crippen LogP contribution in [0.5, 0.6) is 0 Å². The lowest BCUT2D eigenvalue weighted by Gasteiger charge is -2.24. The Bertz CT molecular complexity index is 490. The van der Waals surface area contributed by atoms with E-state index in [1.807, 2.05) is 0 Å². The molecule has 1 aromatic carbocycles. The zero-order valence-electron chi connectivity index (χ0n) is 9.67. The summed E-state index contributed by atoms with van der Waals surface area (Å²) in [5.74, 6) is -3.11. The maximum atomic E-state index is 13.5. The van der Waals surface area contributed by atoms with E-state index >= 15 is 0 Å². The maximum Gasteiger partial charge on any atom is 0.405 e. The summed E-state index contributed by atoms with van der Waals surface area (Å²) in [4.78, 5) is 9.99. The number of nitro benzene ring substituents is 1. The molecule has 1 aromatic rings. The highest BCUT2D eigenvalue weighted by atomic mass is 19.4. The van der Waals surface area contributed by atoms with Crippen LogP contribution >= 0.6 is 0 Å². The summed E-state index contributed by atoms with van der Waals surface area (Å²) in [6, 6.07) is 1.13. The molecule has 0 aliphatic carbocycles. The molecule has 0 saturated carbocycles. The van der Waals surface area contributed by atoms with Crippen LogP contribution in [0.25, 0.3) is 0 Å². The van der Waals surface area contributed by atoms with Gasteiger partial charge in [0.05, 0.1) is 4.92 Å². The van der Waals surface area contributed by atoms with Crippen molar-refractivity contribution in [1.29, 1.82) is 0 Å². The van der Waals surface area contributed by atoms with E-state index in [9.17, 15) is 32.1 Å². The van der Waals surface area contributed by atoms with E-state index in [4.69, 9.17) is 0 Å². The highest BCUT2D eigenvalue weighted by Gasteiger charge is 2.35. The third-order valence-electron chi connectivity index (χ3n) is 2.31. The molecule has 1 rings (SSSR count). The number of halogens is 5. The molecule has 9 heteroatoms. The molecule has 0 aliphatic rings. The van der Waals surface area contributed by atoms with Crippen molar-refractivity contribution in [2.45, 2.75) is 13.1 Å². The molecule has 0 radical (unpaired) electrons. The molecule has 0 amide bonds. The molecular weight excluding hydrogens is 275 g/mol. The first-order chi connectivity index (χ1) is 8.67. The van der Waals surface area contributed by atoms with E-state index in [2.05, 4.69) is 0 Å². The summed E-state index contributed by atoms with van der Waals surface area (Å²) in [6.45, 7) is -0.717. The van der Waals surface area contributed by atoms with Gasteiger partial charge in [0.15, 0.2) is 17.3 Å². The fourth-order valence-corrected chi connectivity index (χ4v) is 1.54. The standard InChI is InChI=1S/C10H9F5N2O2/c1-2-16(5-10(13,14)15)9-7(17(18)19)4-3-6(11)8(9)12/h3-4H,2,5H2,1H3. The summed E-state index contributed by atoms with van der Waals surface area (Å²) in [5, 5.41) is 10.7. The van der Waals surface area contributed by atoms with E-state index in [-0.39, 0.29) is 6.54 Å². The maximum absolute atomic E-state index is 13.5. The first kappa shape index (κ1) is 15.1. The predicted molar refractivity (Wildman–Crippen MR) is 57.0 cm³/mol. The quantitative estimate of drug-likeness (QED) is 0.484. The van der Waals surface area contributed by atoms with Crippen molar-refractivity contribution >= 4 is 11.4 Å². The fourth-order valence-electron chi connectivity index (χ4n) is 1.54. The lowest BCUT2D eigenvalue weighted by Crippen LogP contribution is -2.35. The zero-order chi connectivity index (χ0) is 14.8. The number of alkyl halides is 3. The Hall–Kier alpha value is -1.93. The van der Waals surface area contributed by atoms with Crippen molar-refractivity contribution in [2.75, 3.05) is 18.0 Å². The molecule has 0 saturated heterocycles. The van der Waals surface area contributed by atoms with Crippen LogP contribution < -0.4 is 4.90 Å². The summed E-state index contributed by atoms with van der Waals surface area (Å²) in [7, 11) is 0. The monoisotopic (exact) mass is 284 g/mol. The number of hydrogen-bond acceptors (Lipinski definition) is 3. The largest absolute Gasteiger partial charge is 0.405 e. The number of nitrogens with zero attached hydrogens (tertiary/aromatic N) is 2. The molecule has 0 fully saturated rings. The minimum absolute atomic E-state index is 0.360. The van der Waals surface area contributed by atoms with Gasteiger partial charge in [-0.1, -0.05) is 0 Å². The van der Waals surface area contributed by atoms with Gasteiger partial charge in [-0.05, 0) is 13.0 Å². The zero-order valence-corrected chi connectivity index (χ0v) is 9.67. The summed E-state index contributed by atoms with van der Waals surface area (Å²) in [5.41, 5.74) is -1.91. The molecule has 0 N–H and O–H groups in total. The fraction of sp³-hybridized carbons (Fsp3) is 0.400. The van der Waals surface area contributed by atoms with E-state index in [0.717, 1.165) is 0 Å². The van der Waals surface area contributed by atoms with Crippen LogP contribution in [0.4, 0.5) is 33.3 Å². The molecule has 0 bridgehead atoms. The van der Waals surface area contributed by atoms with Crippen molar-refractivity contribution in [3.63, 3.8) is 0 Å². The number of benzene rings is 1. The SMILES string of the molecule is CCN(CC(F)(F)F)c1c([N+](=O)[O-])ccc(F)c1F. The molecule has 106 valence electrons. The molecule has 0 unspecified atom stereocenters. The second-order valence-electron chi connectivity index (χ2n) is 3.62. The molecule has 0 heterocycles. The van der Waals surface area contributed by atoms with E-state index in [1.54, 1.807) is 0 Å². The molecule has 4 nitrogen and oxygen atoms in total. The van der Waals surface area contributed by atoms with Crippen LogP contribution in [0.2, 0.25) is 0 Å². The Labute approximate surface area is 104 Å². The van der Waals surface area contributed by atoms with Gasteiger partial charge in [-0.2, -0.15) is 13.2 Å². The van der Waals surface area contributed by atoms with Gasteiger partial charge in [0.25, 0.3) is 5.69 Å². The van der Waals surface area contributed by atoms with Crippen LogP contribution in [0.1, 0.15) is 6.92 Å². The minimum Gasteiger partial charge on any atom is -0.355 e. The first-order valence-corrected chi connectivity index (χ1v) is 5.11. The summed E-state index contributed by atoms with van der Waals surface area (Å²) < 4.78 is 63.5. The van der Waals surface area contributed by atoms with Gasteiger partial charge >= 0.3 is 6.18 Å². The van der Waals surface area contributed by atoms with Crippen LogP contribution in [0, 0.1) is 21.7 Å². The van der Waals surface area contributed by atoms with Crippen LogP contribution in [0.3, 0.4) is 0 Å². The first-order valence-electron chi connectivity index (χ1n) is 5.11. The third-order valence-corrected chi connectivity index (χ3v) is 2.31. The van der Waals surface area contributed by atoms with E-state index < -0.39 is 40.7 Å². The van der Waals surface area contributed by atoms with Crippen LogP contribution in [-0.4, -0.2) is 24.2 Å². The molecule has 0 atom stereocenters. The predicted octanol–water partition coefficient (Wildman–Crippen LogP) is 3.26. The van der Waals surface area contributed by atoms with Crippen molar-refractivity contribution < 1.29 is 26.9 Å². The van der Waals surface area contributed by atoms with Crippen LogP contribution in [0.15, 0.2) is 12.1 Å². The lowest BCUT2D eigenvalue weighted by molar-refractivity contribution is -0.384. The number of anilines is 1. The number of rotatable bonds is 4. The topological polar surface area (TPSA) is 46.4 Å². The van der Waals surface area contributed by atoms with Crippen LogP contribution in [-0.2, 0) is 0 Å². The molecule has 19 heavy (non-hydrogen) atoms. The van der Waals surface area contributed by atoms with Crippen molar-refractivity contribution in [3.8, 4) is 0 Å². The normalized spacial score (nSPS) is 11.5. The van der Waals surface area contributed by atoms with E-state index in [1.165, 1.54) is 6.92 Å². The second kappa shape index (κ2) is 5.37. The molecule has 0 aromatic heterocycles. The van der Waals surface area contributed by atoms with Gasteiger partial charge in [0.2, 0.25) is 0 Å². The smallest absolute Gasteiger partial charge is 0.355 e. The van der Waals surface area contributed by atoms with Gasteiger partial charge in [-0.15, -0.1) is 0 Å².